The number of benzene rings is 3. The highest BCUT2D eigenvalue weighted by Crippen LogP contribution is 2.21. The number of aromatic nitrogens is 1. The van der Waals surface area contributed by atoms with E-state index in [2.05, 4.69) is 50.9 Å². The lowest BCUT2D eigenvalue weighted by atomic mass is 10.2. The summed E-state index contributed by atoms with van der Waals surface area (Å²) in [7, 11) is 0. The second-order valence-electron chi connectivity index (χ2n) is 6.73. The first-order valence-corrected chi connectivity index (χ1v) is 9.52. The Hall–Kier alpha value is -3.86. The van der Waals surface area contributed by atoms with Gasteiger partial charge in [-0.25, -0.2) is 5.43 Å². The minimum absolute atomic E-state index is 0.164. The molecule has 3 aromatic carbocycles. The number of para-hydroxylation sites is 2. The number of nitrogens with zero attached hydrogens (tertiary/aromatic N) is 2. The van der Waals surface area contributed by atoms with Crippen molar-refractivity contribution in [3.05, 3.63) is 102 Å². The van der Waals surface area contributed by atoms with E-state index in [-0.39, 0.29) is 12.5 Å². The van der Waals surface area contributed by atoms with Crippen molar-refractivity contribution in [3.8, 4) is 0 Å². The first-order valence-electron chi connectivity index (χ1n) is 9.52. The topological polar surface area (TPSA) is 58.4 Å². The quantitative estimate of drug-likeness (QED) is 0.371. The smallest absolute Gasteiger partial charge is 0.259 e. The van der Waals surface area contributed by atoms with Crippen LogP contribution in [-0.2, 0) is 11.3 Å². The molecule has 0 aliphatic rings. The van der Waals surface area contributed by atoms with E-state index in [1.807, 2.05) is 60.7 Å². The number of carbonyl (C=O) groups excluding carboxylic acids is 1. The molecule has 0 radical (unpaired) electrons. The van der Waals surface area contributed by atoms with Gasteiger partial charge in [0, 0.05) is 34.9 Å². The van der Waals surface area contributed by atoms with Crippen molar-refractivity contribution in [2.45, 2.75) is 6.54 Å². The van der Waals surface area contributed by atoms with Gasteiger partial charge in [0.1, 0.15) is 0 Å². The molecule has 0 unspecified atom stereocenters. The number of amides is 1. The lowest BCUT2D eigenvalue weighted by Gasteiger charge is -2.05. The number of anilines is 1. The lowest BCUT2D eigenvalue weighted by molar-refractivity contribution is -0.119. The molecule has 0 aliphatic heterocycles. The van der Waals surface area contributed by atoms with Crippen LogP contribution in [-0.4, -0.2) is 23.2 Å². The first-order chi connectivity index (χ1) is 14.3. The predicted molar refractivity (Wildman–Crippen MR) is 118 cm³/mol. The zero-order valence-electron chi connectivity index (χ0n) is 16.0. The van der Waals surface area contributed by atoms with Gasteiger partial charge in [-0.3, -0.25) is 4.79 Å². The van der Waals surface area contributed by atoms with E-state index in [1.54, 1.807) is 6.21 Å². The molecule has 1 amide bonds. The summed E-state index contributed by atoms with van der Waals surface area (Å²) in [4.78, 5) is 12.0. The van der Waals surface area contributed by atoms with Gasteiger partial charge in [0.25, 0.3) is 5.91 Å². The molecule has 5 nitrogen and oxygen atoms in total. The summed E-state index contributed by atoms with van der Waals surface area (Å²) in [6, 6.07) is 28.1. The van der Waals surface area contributed by atoms with E-state index in [0.29, 0.717) is 0 Å². The van der Waals surface area contributed by atoms with Crippen LogP contribution in [0.3, 0.4) is 0 Å². The number of hydrogen-bond donors (Lipinski definition) is 2. The minimum atomic E-state index is -0.196. The third-order valence-electron chi connectivity index (χ3n) is 4.63. The van der Waals surface area contributed by atoms with E-state index < -0.39 is 0 Å². The third kappa shape index (κ3) is 4.71. The fourth-order valence-corrected chi connectivity index (χ4v) is 3.24. The highest BCUT2D eigenvalue weighted by atomic mass is 16.2. The van der Waals surface area contributed by atoms with Gasteiger partial charge in [0.05, 0.1) is 12.8 Å². The van der Waals surface area contributed by atoms with Gasteiger partial charge in [-0.05, 0) is 23.8 Å². The van der Waals surface area contributed by atoms with Crippen LogP contribution in [0.2, 0.25) is 0 Å². The van der Waals surface area contributed by atoms with Crippen molar-refractivity contribution in [1.29, 1.82) is 0 Å². The van der Waals surface area contributed by atoms with Gasteiger partial charge in [-0.15, -0.1) is 0 Å². The fraction of sp³-hybridized carbons (Fsp3) is 0.0833. The zero-order valence-corrected chi connectivity index (χ0v) is 16.0. The maximum Gasteiger partial charge on any atom is 0.259 e. The molecule has 0 spiro atoms. The Morgan fingerprint density at radius 2 is 1.59 bits per heavy atom. The number of fused-ring (bicyclic) bond motifs is 1. The van der Waals surface area contributed by atoms with Crippen LogP contribution in [0, 0.1) is 0 Å². The third-order valence-corrected chi connectivity index (χ3v) is 4.63. The maximum atomic E-state index is 12.0. The molecule has 4 rings (SSSR count). The average Bonchev–Trinajstić information content (AvgIpc) is 3.11. The number of carbonyl (C=O) groups is 1. The van der Waals surface area contributed by atoms with Crippen LogP contribution < -0.4 is 10.7 Å². The fourth-order valence-electron chi connectivity index (χ4n) is 3.24. The van der Waals surface area contributed by atoms with E-state index in [9.17, 15) is 4.79 Å². The lowest BCUT2D eigenvalue weighted by Crippen LogP contribution is -2.25. The van der Waals surface area contributed by atoms with Crippen LogP contribution >= 0.6 is 0 Å². The number of hydrogen-bond acceptors (Lipinski definition) is 3. The minimum Gasteiger partial charge on any atom is -0.376 e. The summed E-state index contributed by atoms with van der Waals surface area (Å²) in [6.45, 7) is 0.944. The molecule has 29 heavy (non-hydrogen) atoms. The SMILES string of the molecule is O=C(CNc1ccccc1)N/N=C\c1cn(Cc2ccccc2)c2ccccc12. The Morgan fingerprint density at radius 3 is 2.38 bits per heavy atom. The zero-order chi connectivity index (χ0) is 19.9. The molecule has 0 atom stereocenters. The van der Waals surface area contributed by atoms with Gasteiger partial charge in [0.15, 0.2) is 0 Å². The highest BCUT2D eigenvalue weighted by Gasteiger charge is 2.07. The van der Waals surface area contributed by atoms with Crippen molar-refractivity contribution in [1.82, 2.24) is 9.99 Å². The molecule has 1 heterocycles. The maximum absolute atomic E-state index is 12.0. The van der Waals surface area contributed by atoms with Gasteiger partial charge in [-0.1, -0.05) is 66.7 Å². The van der Waals surface area contributed by atoms with E-state index in [0.717, 1.165) is 28.7 Å². The van der Waals surface area contributed by atoms with Gasteiger partial charge < -0.3 is 9.88 Å². The molecule has 1 aromatic heterocycles. The number of nitrogens with one attached hydrogen (secondary N) is 2. The molecule has 5 heteroatoms. The van der Waals surface area contributed by atoms with E-state index in [4.69, 9.17) is 0 Å². The molecule has 0 saturated heterocycles. The largest absolute Gasteiger partial charge is 0.376 e. The second-order valence-corrected chi connectivity index (χ2v) is 6.73. The Labute approximate surface area is 169 Å². The number of hydrazone groups is 1. The van der Waals surface area contributed by atoms with Gasteiger partial charge >= 0.3 is 0 Å². The normalized spacial score (nSPS) is 11.0. The molecule has 0 saturated carbocycles. The predicted octanol–water partition coefficient (Wildman–Crippen LogP) is 4.25. The Kier molecular flexibility index (Phi) is 5.67. The molecule has 0 aliphatic carbocycles. The summed E-state index contributed by atoms with van der Waals surface area (Å²) in [5, 5.41) is 8.31. The van der Waals surface area contributed by atoms with Crippen molar-refractivity contribution >= 4 is 28.7 Å². The van der Waals surface area contributed by atoms with Crippen molar-refractivity contribution in [2.75, 3.05) is 11.9 Å². The van der Waals surface area contributed by atoms with Crippen molar-refractivity contribution in [2.24, 2.45) is 5.10 Å². The van der Waals surface area contributed by atoms with Crippen LogP contribution in [0.15, 0.2) is 96.2 Å². The Balaban J connectivity index is 1.44. The number of rotatable bonds is 7. The van der Waals surface area contributed by atoms with E-state index in [1.165, 1.54) is 5.56 Å². The monoisotopic (exact) mass is 382 g/mol. The van der Waals surface area contributed by atoms with Gasteiger partial charge in [0.2, 0.25) is 0 Å². The summed E-state index contributed by atoms with van der Waals surface area (Å²) in [5.74, 6) is -0.196. The second kappa shape index (κ2) is 8.89. The summed E-state index contributed by atoms with van der Waals surface area (Å²) < 4.78 is 2.20. The van der Waals surface area contributed by atoms with Crippen LogP contribution in [0.4, 0.5) is 5.69 Å². The molecular formula is C24H22N4O. The summed E-state index contributed by atoms with van der Waals surface area (Å²) >= 11 is 0. The average molecular weight is 382 g/mol. The Morgan fingerprint density at radius 1 is 0.897 bits per heavy atom. The van der Waals surface area contributed by atoms with Crippen molar-refractivity contribution < 1.29 is 4.79 Å². The summed E-state index contributed by atoms with van der Waals surface area (Å²) in [6.07, 6.45) is 3.76. The highest BCUT2D eigenvalue weighted by molar-refractivity contribution is 5.99. The van der Waals surface area contributed by atoms with Crippen molar-refractivity contribution in [3.63, 3.8) is 0 Å². The van der Waals surface area contributed by atoms with Crippen LogP contribution in [0.1, 0.15) is 11.1 Å². The standard InChI is InChI=1S/C24H22N4O/c29-24(16-25-21-11-5-2-6-12-21)27-26-15-20-18-28(17-19-9-3-1-4-10-19)23-14-8-7-13-22(20)23/h1-15,18,25H,16-17H2,(H,27,29)/b26-15-. The van der Waals surface area contributed by atoms with Crippen LogP contribution in [0.5, 0.6) is 0 Å². The first kappa shape index (κ1) is 18.5. The van der Waals surface area contributed by atoms with Gasteiger partial charge in [-0.2, -0.15) is 5.10 Å². The van der Waals surface area contributed by atoms with Crippen LogP contribution in [0.25, 0.3) is 10.9 Å². The molecule has 0 fully saturated rings. The molecular weight excluding hydrogens is 360 g/mol. The molecule has 144 valence electrons. The van der Waals surface area contributed by atoms with E-state index >= 15 is 0 Å². The summed E-state index contributed by atoms with van der Waals surface area (Å²) in [5.41, 5.74) is 6.82. The Bertz CT molecular complexity index is 1120. The molecule has 0 bridgehead atoms. The molecule has 4 aromatic rings. The molecule has 2 N–H and O–H groups in total.